The lowest BCUT2D eigenvalue weighted by Crippen LogP contribution is -2.26. The number of carbonyl (C=O) groups is 1. The monoisotopic (exact) mass is 206 g/mol. The molecule has 2 fully saturated rings. The van der Waals surface area contributed by atoms with Crippen molar-refractivity contribution in [2.75, 3.05) is 0 Å². The Morgan fingerprint density at radius 3 is 2.80 bits per heavy atom. The standard InChI is InChI=1S/C14H22O/c1-10(15)5-4-8-14(3)11(2)12-6-7-13(14)9-12/h12-13H,2,4-9H2,1,3H3/t12-,13+,14+/m1/s1. The van der Waals surface area contributed by atoms with Gasteiger partial charge in [-0.15, -0.1) is 0 Å². The lowest BCUT2D eigenvalue weighted by molar-refractivity contribution is -0.117. The summed E-state index contributed by atoms with van der Waals surface area (Å²) in [5.74, 6) is 1.99. The Hall–Kier alpha value is -0.590. The van der Waals surface area contributed by atoms with Gasteiger partial charge in [-0.1, -0.05) is 19.1 Å². The van der Waals surface area contributed by atoms with Crippen LogP contribution in [0.4, 0.5) is 0 Å². The molecule has 0 aromatic carbocycles. The maximum atomic E-state index is 10.9. The fraction of sp³-hybridized carbons (Fsp3) is 0.786. The molecule has 3 atom stereocenters. The van der Waals surface area contributed by atoms with Crippen molar-refractivity contribution in [3.05, 3.63) is 12.2 Å². The maximum Gasteiger partial charge on any atom is 0.129 e. The van der Waals surface area contributed by atoms with E-state index in [4.69, 9.17) is 0 Å². The van der Waals surface area contributed by atoms with Crippen LogP contribution in [0.5, 0.6) is 0 Å². The van der Waals surface area contributed by atoms with Gasteiger partial charge in [0.2, 0.25) is 0 Å². The van der Waals surface area contributed by atoms with Gasteiger partial charge < -0.3 is 4.79 Å². The Morgan fingerprint density at radius 2 is 2.27 bits per heavy atom. The van der Waals surface area contributed by atoms with Gasteiger partial charge in [-0.25, -0.2) is 0 Å². The number of rotatable bonds is 4. The van der Waals surface area contributed by atoms with Gasteiger partial charge in [0.25, 0.3) is 0 Å². The second kappa shape index (κ2) is 3.77. The molecule has 2 saturated carbocycles. The summed E-state index contributed by atoms with van der Waals surface area (Å²) in [6.07, 6.45) is 7.10. The van der Waals surface area contributed by atoms with Crippen LogP contribution in [-0.2, 0) is 4.79 Å². The van der Waals surface area contributed by atoms with Gasteiger partial charge in [0.15, 0.2) is 0 Å². The number of carbonyl (C=O) groups excluding carboxylic acids is 1. The summed E-state index contributed by atoms with van der Waals surface area (Å²) in [6.45, 7) is 8.37. The predicted octanol–water partition coefficient (Wildman–Crippen LogP) is 3.74. The molecular weight excluding hydrogens is 184 g/mol. The van der Waals surface area contributed by atoms with Gasteiger partial charge in [0.05, 0.1) is 0 Å². The van der Waals surface area contributed by atoms with Crippen molar-refractivity contribution in [3.63, 3.8) is 0 Å². The van der Waals surface area contributed by atoms with E-state index in [1.807, 2.05) is 0 Å². The first-order chi connectivity index (χ1) is 7.04. The van der Waals surface area contributed by atoms with Crippen LogP contribution < -0.4 is 0 Å². The van der Waals surface area contributed by atoms with Crippen LogP contribution >= 0.6 is 0 Å². The van der Waals surface area contributed by atoms with E-state index in [-0.39, 0.29) is 0 Å². The number of fused-ring (bicyclic) bond motifs is 2. The van der Waals surface area contributed by atoms with Crippen molar-refractivity contribution in [2.45, 2.75) is 52.4 Å². The van der Waals surface area contributed by atoms with E-state index in [0.29, 0.717) is 11.2 Å². The average molecular weight is 206 g/mol. The van der Waals surface area contributed by atoms with Crippen molar-refractivity contribution in [1.29, 1.82) is 0 Å². The molecule has 0 aliphatic heterocycles. The minimum absolute atomic E-state index is 0.326. The summed E-state index contributed by atoms with van der Waals surface area (Å²) >= 11 is 0. The molecule has 0 amide bonds. The van der Waals surface area contributed by atoms with Gasteiger partial charge in [0.1, 0.15) is 5.78 Å². The highest BCUT2D eigenvalue weighted by atomic mass is 16.1. The zero-order chi connectivity index (χ0) is 11.1. The minimum Gasteiger partial charge on any atom is -0.300 e. The molecule has 0 heterocycles. The van der Waals surface area contributed by atoms with E-state index in [1.165, 1.54) is 31.3 Å². The summed E-state index contributed by atoms with van der Waals surface area (Å²) in [7, 11) is 0. The van der Waals surface area contributed by atoms with Crippen LogP contribution in [0.2, 0.25) is 0 Å². The van der Waals surface area contributed by atoms with E-state index in [9.17, 15) is 4.79 Å². The fourth-order valence-corrected chi connectivity index (χ4v) is 3.67. The van der Waals surface area contributed by atoms with Crippen molar-refractivity contribution in [1.82, 2.24) is 0 Å². The Bertz CT molecular complexity index is 292. The second-order valence-electron chi connectivity index (χ2n) is 5.71. The highest BCUT2D eigenvalue weighted by Gasteiger charge is 2.49. The number of hydrogen-bond donors (Lipinski definition) is 0. The molecule has 1 nitrogen and oxygen atoms in total. The topological polar surface area (TPSA) is 17.1 Å². The molecule has 0 N–H and O–H groups in total. The van der Waals surface area contributed by atoms with Crippen LogP contribution in [-0.4, -0.2) is 5.78 Å². The number of allylic oxidation sites excluding steroid dienone is 1. The van der Waals surface area contributed by atoms with Gasteiger partial charge in [-0.2, -0.15) is 0 Å². The molecule has 0 aromatic heterocycles. The fourth-order valence-electron chi connectivity index (χ4n) is 3.67. The Labute approximate surface area is 92.9 Å². The number of ketones is 1. The van der Waals surface area contributed by atoms with Crippen LogP contribution in [0, 0.1) is 17.3 Å². The highest BCUT2D eigenvalue weighted by Crippen LogP contribution is 2.60. The molecule has 2 aliphatic carbocycles. The maximum absolute atomic E-state index is 10.9. The van der Waals surface area contributed by atoms with E-state index >= 15 is 0 Å². The van der Waals surface area contributed by atoms with Gasteiger partial charge in [-0.05, 0) is 56.3 Å². The lowest BCUT2D eigenvalue weighted by Gasteiger charge is -2.36. The van der Waals surface area contributed by atoms with Crippen molar-refractivity contribution in [2.24, 2.45) is 17.3 Å². The summed E-state index contributed by atoms with van der Waals surface area (Å²) < 4.78 is 0. The zero-order valence-electron chi connectivity index (χ0n) is 10.0. The SMILES string of the molecule is C=C1[C@@H]2CC[C@@H](C2)[C@@]1(C)CCCC(C)=O. The molecule has 0 saturated heterocycles. The molecule has 0 spiro atoms. The predicted molar refractivity (Wildman–Crippen MR) is 62.6 cm³/mol. The van der Waals surface area contributed by atoms with Crippen molar-refractivity contribution in [3.8, 4) is 0 Å². The summed E-state index contributed by atoms with van der Waals surface area (Å²) in [5, 5.41) is 0. The van der Waals surface area contributed by atoms with Crippen LogP contribution in [0.15, 0.2) is 12.2 Å². The first kappa shape index (κ1) is 10.9. The molecule has 0 unspecified atom stereocenters. The average Bonchev–Trinajstić information content (AvgIpc) is 2.70. The third kappa shape index (κ3) is 1.77. The number of hydrogen-bond acceptors (Lipinski definition) is 1. The lowest BCUT2D eigenvalue weighted by atomic mass is 9.69. The molecule has 15 heavy (non-hydrogen) atoms. The Balaban J connectivity index is 1.95. The first-order valence-corrected chi connectivity index (χ1v) is 6.23. The molecule has 2 aliphatic rings. The highest BCUT2D eigenvalue weighted by molar-refractivity contribution is 5.75. The van der Waals surface area contributed by atoms with Gasteiger partial charge in [0, 0.05) is 6.42 Å². The van der Waals surface area contributed by atoms with Gasteiger partial charge >= 0.3 is 0 Å². The van der Waals surface area contributed by atoms with Gasteiger partial charge in [-0.3, -0.25) is 0 Å². The third-order valence-electron chi connectivity index (χ3n) is 4.78. The normalized spacial score (nSPS) is 38.7. The molecule has 0 radical (unpaired) electrons. The quantitative estimate of drug-likeness (QED) is 0.640. The van der Waals surface area contributed by atoms with Crippen molar-refractivity contribution < 1.29 is 4.79 Å². The molecular formula is C14H22O. The largest absolute Gasteiger partial charge is 0.300 e. The molecule has 84 valence electrons. The summed E-state index contributed by atoms with van der Waals surface area (Å²) in [4.78, 5) is 10.9. The van der Waals surface area contributed by atoms with E-state index in [0.717, 1.165) is 24.7 Å². The third-order valence-corrected chi connectivity index (χ3v) is 4.78. The molecule has 2 bridgehead atoms. The summed E-state index contributed by atoms with van der Waals surface area (Å²) in [5.41, 5.74) is 1.85. The Kier molecular flexibility index (Phi) is 2.74. The van der Waals surface area contributed by atoms with Crippen LogP contribution in [0.3, 0.4) is 0 Å². The van der Waals surface area contributed by atoms with E-state index in [1.54, 1.807) is 6.92 Å². The van der Waals surface area contributed by atoms with Crippen molar-refractivity contribution >= 4 is 5.78 Å². The van der Waals surface area contributed by atoms with Crippen LogP contribution in [0.1, 0.15) is 52.4 Å². The Morgan fingerprint density at radius 1 is 1.53 bits per heavy atom. The van der Waals surface area contributed by atoms with Crippen LogP contribution in [0.25, 0.3) is 0 Å². The summed E-state index contributed by atoms with van der Waals surface area (Å²) in [6, 6.07) is 0. The minimum atomic E-state index is 0.326. The first-order valence-electron chi connectivity index (χ1n) is 6.23. The van der Waals surface area contributed by atoms with E-state index in [2.05, 4.69) is 13.5 Å². The zero-order valence-corrected chi connectivity index (χ0v) is 10.0. The molecule has 0 aromatic rings. The molecule has 1 heteroatoms. The van der Waals surface area contributed by atoms with E-state index < -0.39 is 0 Å². The smallest absolute Gasteiger partial charge is 0.129 e. The number of Topliss-reactive ketones (excluding diaryl/α,β-unsaturated/α-hetero) is 1. The second-order valence-corrected chi connectivity index (χ2v) is 5.71. The molecule has 2 rings (SSSR count).